The number of rotatable bonds is 8. The van der Waals surface area contributed by atoms with Crippen LogP contribution in [-0.2, 0) is 20.7 Å². The van der Waals surface area contributed by atoms with Crippen molar-refractivity contribution in [2.75, 3.05) is 25.5 Å². The van der Waals surface area contributed by atoms with Crippen LogP contribution in [0.1, 0.15) is 29.3 Å². The van der Waals surface area contributed by atoms with E-state index in [-0.39, 0.29) is 36.2 Å². The molecule has 0 heterocycles. The number of halogens is 1. The zero-order valence-electron chi connectivity index (χ0n) is 15.9. The molecule has 0 fully saturated rings. The molecule has 0 radical (unpaired) electrons. The summed E-state index contributed by atoms with van der Waals surface area (Å²) in [6.07, 6.45) is 0.644. The van der Waals surface area contributed by atoms with Crippen LogP contribution < -0.4 is 5.32 Å². The van der Waals surface area contributed by atoms with Gasteiger partial charge >= 0.3 is 5.97 Å². The van der Waals surface area contributed by atoms with Gasteiger partial charge in [0.15, 0.2) is 0 Å². The van der Waals surface area contributed by atoms with Crippen LogP contribution >= 0.6 is 0 Å². The maximum atomic E-state index is 13.0. The third kappa shape index (κ3) is 6.19. The van der Waals surface area contributed by atoms with E-state index in [2.05, 4.69) is 5.32 Å². The highest BCUT2D eigenvalue weighted by Crippen LogP contribution is 2.16. The van der Waals surface area contributed by atoms with Gasteiger partial charge in [-0.25, -0.2) is 9.18 Å². The first-order valence-electron chi connectivity index (χ1n) is 8.88. The number of amides is 2. The number of hydrogen-bond acceptors (Lipinski definition) is 4. The van der Waals surface area contributed by atoms with Gasteiger partial charge in [0, 0.05) is 26.4 Å². The molecule has 0 aliphatic carbocycles. The maximum Gasteiger partial charge on any atom is 0.339 e. The third-order valence-corrected chi connectivity index (χ3v) is 4.24. The summed E-state index contributed by atoms with van der Waals surface area (Å²) in [6.45, 7) is 2.10. The maximum absolute atomic E-state index is 13.0. The summed E-state index contributed by atoms with van der Waals surface area (Å²) in [5.74, 6) is -1.31. The van der Waals surface area contributed by atoms with Crippen LogP contribution in [0.5, 0.6) is 0 Å². The van der Waals surface area contributed by atoms with Crippen molar-refractivity contribution in [3.8, 4) is 0 Å². The van der Waals surface area contributed by atoms with Crippen molar-refractivity contribution in [1.82, 2.24) is 4.90 Å². The molecule has 0 spiro atoms. The Bertz CT molecular complexity index is 837. The normalized spacial score (nSPS) is 10.2. The van der Waals surface area contributed by atoms with Gasteiger partial charge in [-0.15, -0.1) is 0 Å². The number of esters is 1. The minimum Gasteiger partial charge on any atom is -0.465 e. The highest BCUT2D eigenvalue weighted by atomic mass is 19.1. The zero-order valence-corrected chi connectivity index (χ0v) is 15.9. The van der Waals surface area contributed by atoms with Crippen molar-refractivity contribution >= 4 is 23.5 Å². The van der Waals surface area contributed by atoms with Crippen LogP contribution in [0.4, 0.5) is 10.1 Å². The van der Waals surface area contributed by atoms with Crippen LogP contribution in [0.2, 0.25) is 0 Å². The first kappa shape index (κ1) is 21.1. The van der Waals surface area contributed by atoms with E-state index in [1.807, 2.05) is 0 Å². The summed E-state index contributed by atoms with van der Waals surface area (Å²) in [7, 11) is 1.27. The number of carbonyl (C=O) groups excluding carboxylic acids is 3. The molecule has 2 aromatic rings. The van der Waals surface area contributed by atoms with E-state index < -0.39 is 5.97 Å². The summed E-state index contributed by atoms with van der Waals surface area (Å²) in [5.41, 5.74) is 1.53. The molecule has 0 unspecified atom stereocenters. The molecule has 0 saturated heterocycles. The van der Waals surface area contributed by atoms with Gasteiger partial charge in [-0.05, 0) is 36.2 Å². The van der Waals surface area contributed by atoms with Crippen molar-refractivity contribution in [2.45, 2.75) is 19.8 Å². The summed E-state index contributed by atoms with van der Waals surface area (Å²) in [6, 6.07) is 12.6. The molecule has 0 aliphatic rings. The molecule has 0 saturated carbocycles. The first-order chi connectivity index (χ1) is 13.4. The fourth-order valence-electron chi connectivity index (χ4n) is 2.67. The number of anilines is 1. The lowest BCUT2D eigenvalue weighted by Crippen LogP contribution is -2.33. The molecule has 0 aliphatic heterocycles. The third-order valence-electron chi connectivity index (χ3n) is 4.24. The number of ether oxygens (including phenoxy) is 1. The number of carbonyl (C=O) groups is 3. The van der Waals surface area contributed by atoms with Gasteiger partial charge in [-0.2, -0.15) is 0 Å². The van der Waals surface area contributed by atoms with Gasteiger partial charge in [-0.1, -0.05) is 24.3 Å². The second-order valence-electron chi connectivity index (χ2n) is 6.22. The molecule has 28 heavy (non-hydrogen) atoms. The van der Waals surface area contributed by atoms with Crippen molar-refractivity contribution < 1.29 is 23.5 Å². The highest BCUT2D eigenvalue weighted by molar-refractivity contribution is 6.01. The number of hydrogen-bond donors (Lipinski definition) is 1. The molecule has 0 bridgehead atoms. The molecular formula is C21H23FN2O4. The van der Waals surface area contributed by atoms with E-state index in [0.29, 0.717) is 18.7 Å². The van der Waals surface area contributed by atoms with Gasteiger partial charge < -0.3 is 15.0 Å². The standard InChI is InChI=1S/C21H23FN2O4/c1-15(25)24(13-11-16-7-9-17(22)10-8-16)14-12-20(26)23-19-6-4-3-5-18(19)21(27)28-2/h3-10H,11-14H2,1-2H3,(H,23,26). The summed E-state index contributed by atoms with van der Waals surface area (Å²) < 4.78 is 17.7. The van der Waals surface area contributed by atoms with Crippen molar-refractivity contribution in [3.05, 3.63) is 65.5 Å². The van der Waals surface area contributed by atoms with Crippen molar-refractivity contribution in [3.63, 3.8) is 0 Å². The van der Waals surface area contributed by atoms with Crippen LogP contribution in [0.25, 0.3) is 0 Å². The molecule has 6 nitrogen and oxygen atoms in total. The van der Waals surface area contributed by atoms with Crippen LogP contribution in [0.15, 0.2) is 48.5 Å². The average molecular weight is 386 g/mol. The van der Waals surface area contributed by atoms with E-state index in [4.69, 9.17) is 4.74 Å². The van der Waals surface area contributed by atoms with E-state index in [1.165, 1.54) is 26.2 Å². The zero-order chi connectivity index (χ0) is 20.5. The Morgan fingerprint density at radius 1 is 1.04 bits per heavy atom. The van der Waals surface area contributed by atoms with Gasteiger partial charge in [0.25, 0.3) is 0 Å². The quantitative estimate of drug-likeness (QED) is 0.708. The number of para-hydroxylation sites is 1. The number of nitrogens with one attached hydrogen (secondary N) is 1. The lowest BCUT2D eigenvalue weighted by Gasteiger charge is -2.21. The average Bonchev–Trinajstić information content (AvgIpc) is 2.68. The van der Waals surface area contributed by atoms with Crippen molar-refractivity contribution in [2.24, 2.45) is 0 Å². The Morgan fingerprint density at radius 3 is 2.36 bits per heavy atom. The fourth-order valence-corrected chi connectivity index (χ4v) is 2.67. The van der Waals surface area contributed by atoms with Crippen LogP contribution in [0.3, 0.4) is 0 Å². The molecule has 0 aromatic heterocycles. The molecule has 1 N–H and O–H groups in total. The highest BCUT2D eigenvalue weighted by Gasteiger charge is 2.15. The van der Waals surface area contributed by atoms with Crippen LogP contribution in [-0.4, -0.2) is 42.9 Å². The lowest BCUT2D eigenvalue weighted by atomic mass is 10.1. The first-order valence-corrected chi connectivity index (χ1v) is 8.88. The van der Waals surface area contributed by atoms with Gasteiger partial charge in [0.1, 0.15) is 5.82 Å². The number of nitrogens with zero attached hydrogens (tertiary/aromatic N) is 1. The summed E-state index contributed by atoms with van der Waals surface area (Å²) in [4.78, 5) is 37.4. The van der Waals surface area contributed by atoms with Crippen LogP contribution in [0, 0.1) is 5.82 Å². The van der Waals surface area contributed by atoms with Gasteiger partial charge in [0.05, 0.1) is 18.4 Å². The minimum absolute atomic E-state index is 0.0818. The molecule has 0 atom stereocenters. The largest absolute Gasteiger partial charge is 0.465 e. The second kappa shape index (κ2) is 10.2. The van der Waals surface area contributed by atoms with E-state index in [9.17, 15) is 18.8 Å². The van der Waals surface area contributed by atoms with Gasteiger partial charge in [0.2, 0.25) is 11.8 Å². The second-order valence-corrected chi connectivity index (χ2v) is 6.22. The monoisotopic (exact) mass is 386 g/mol. The van der Waals surface area contributed by atoms with E-state index in [1.54, 1.807) is 41.3 Å². The Balaban J connectivity index is 1.91. The van der Waals surface area contributed by atoms with E-state index >= 15 is 0 Å². The minimum atomic E-state index is -0.541. The molecule has 7 heteroatoms. The predicted molar refractivity (Wildman–Crippen MR) is 103 cm³/mol. The summed E-state index contributed by atoms with van der Waals surface area (Å²) in [5, 5.41) is 2.68. The predicted octanol–water partition coefficient (Wildman–Crippen LogP) is 3.03. The molecule has 2 amide bonds. The Hall–Kier alpha value is -3.22. The van der Waals surface area contributed by atoms with E-state index in [0.717, 1.165) is 5.56 Å². The number of methoxy groups -OCH3 is 1. The molecule has 148 valence electrons. The molecule has 2 rings (SSSR count). The Labute approximate surface area is 163 Å². The lowest BCUT2D eigenvalue weighted by molar-refractivity contribution is -0.129. The van der Waals surface area contributed by atoms with Crippen molar-refractivity contribution in [1.29, 1.82) is 0 Å². The smallest absolute Gasteiger partial charge is 0.339 e. The topological polar surface area (TPSA) is 75.7 Å². The molecule has 2 aromatic carbocycles. The molecular weight excluding hydrogens is 363 g/mol. The Morgan fingerprint density at radius 2 is 1.71 bits per heavy atom. The summed E-state index contributed by atoms with van der Waals surface area (Å²) >= 11 is 0. The number of benzene rings is 2. The SMILES string of the molecule is COC(=O)c1ccccc1NC(=O)CCN(CCc1ccc(F)cc1)C(C)=O. The fraction of sp³-hybridized carbons (Fsp3) is 0.286. The Kier molecular flexibility index (Phi) is 7.68. The van der Waals surface area contributed by atoms with Gasteiger partial charge in [-0.3, -0.25) is 9.59 Å².